The molecule has 0 N–H and O–H groups in total. The molecule has 1 aliphatic carbocycles. The maximum Gasteiger partial charge on any atom is 0.254 e. The molecule has 1 unspecified atom stereocenters. The highest BCUT2D eigenvalue weighted by atomic mass is 19.1. The quantitative estimate of drug-likeness (QED) is 0.594. The van der Waals surface area contributed by atoms with Gasteiger partial charge >= 0.3 is 0 Å². The molecule has 6 nitrogen and oxygen atoms in total. The first kappa shape index (κ1) is 23.1. The fraction of sp³-hybridized carbons (Fsp3) is 0.500. The number of likely N-dealkylation sites (tertiary alicyclic amines) is 1. The van der Waals surface area contributed by atoms with Gasteiger partial charge in [-0.1, -0.05) is 12.1 Å². The van der Waals surface area contributed by atoms with Crippen molar-refractivity contribution in [2.45, 2.75) is 43.6 Å². The molecule has 2 aromatic carbocycles. The van der Waals surface area contributed by atoms with Gasteiger partial charge in [-0.3, -0.25) is 4.79 Å². The minimum Gasteiger partial charge on any atom is -0.493 e. The second-order valence-corrected chi connectivity index (χ2v) is 9.26. The van der Waals surface area contributed by atoms with E-state index in [1.54, 1.807) is 29.2 Å². The van der Waals surface area contributed by atoms with Crippen LogP contribution in [0.4, 0.5) is 8.78 Å². The number of alkyl halides is 1. The number of hydrogen-bond donors (Lipinski definition) is 0. The second kappa shape index (κ2) is 9.50. The Morgan fingerprint density at radius 2 is 2.06 bits per heavy atom. The Kier molecular flexibility index (Phi) is 6.44. The van der Waals surface area contributed by atoms with Gasteiger partial charge in [0.05, 0.1) is 20.3 Å². The summed E-state index contributed by atoms with van der Waals surface area (Å²) in [7, 11) is 1.54. The number of hydrogen-bond acceptors (Lipinski definition) is 5. The summed E-state index contributed by atoms with van der Waals surface area (Å²) in [6, 6.07) is 11.5. The predicted octanol–water partition coefficient (Wildman–Crippen LogP) is 4.47. The topological polar surface area (TPSA) is 57.2 Å². The SMILES string of the molecule is COc1cc(C(=O)N2CC[C@]3(c4cccc(F)c4)OCOC3C2)ccc1OCCC1CC(F)C1. The molecule has 5 rings (SSSR count). The molecule has 2 atom stereocenters. The van der Waals surface area contributed by atoms with E-state index < -0.39 is 11.8 Å². The highest BCUT2D eigenvalue weighted by Crippen LogP contribution is 2.43. The molecule has 34 heavy (non-hydrogen) atoms. The van der Waals surface area contributed by atoms with Crippen molar-refractivity contribution in [2.24, 2.45) is 5.92 Å². The van der Waals surface area contributed by atoms with Crippen LogP contribution in [0.25, 0.3) is 0 Å². The lowest BCUT2D eigenvalue weighted by atomic mass is 9.81. The third-order valence-corrected chi connectivity index (χ3v) is 7.22. The maximum absolute atomic E-state index is 13.9. The van der Waals surface area contributed by atoms with E-state index in [0.717, 1.165) is 12.0 Å². The largest absolute Gasteiger partial charge is 0.493 e. The van der Waals surface area contributed by atoms with E-state index in [1.807, 2.05) is 6.07 Å². The molecule has 3 aliphatic rings. The summed E-state index contributed by atoms with van der Waals surface area (Å²) >= 11 is 0. The average molecular weight is 474 g/mol. The lowest BCUT2D eigenvalue weighted by Gasteiger charge is -2.42. The number of ether oxygens (including phenoxy) is 4. The number of fused-ring (bicyclic) bond motifs is 1. The van der Waals surface area contributed by atoms with Crippen molar-refractivity contribution < 1.29 is 32.5 Å². The summed E-state index contributed by atoms with van der Waals surface area (Å²) in [5.74, 6) is 0.952. The standard InChI is InChI=1S/C26H29F2NO5/c1-31-23-13-18(5-6-22(23)32-10-7-17-11-21(28)12-17)25(30)29-9-8-26(24(15-29)33-16-34-26)19-3-2-4-20(27)14-19/h2-6,13-14,17,21,24H,7-12,15-16H2,1H3/t17?,21?,24?,26-/m1/s1. The van der Waals surface area contributed by atoms with Crippen molar-refractivity contribution in [2.75, 3.05) is 33.6 Å². The number of nitrogens with zero attached hydrogens (tertiary/aromatic N) is 1. The van der Waals surface area contributed by atoms with Gasteiger partial charge in [0.25, 0.3) is 5.91 Å². The number of carbonyl (C=O) groups excluding carboxylic acids is 1. The fourth-order valence-corrected chi connectivity index (χ4v) is 5.15. The van der Waals surface area contributed by atoms with Crippen molar-refractivity contribution in [3.05, 3.63) is 59.4 Å². The van der Waals surface area contributed by atoms with Gasteiger partial charge in [-0.05, 0) is 61.1 Å². The lowest BCUT2D eigenvalue weighted by Crippen LogP contribution is -2.53. The van der Waals surface area contributed by atoms with Gasteiger partial charge in [0.1, 0.15) is 30.5 Å². The van der Waals surface area contributed by atoms with E-state index in [0.29, 0.717) is 61.9 Å². The van der Waals surface area contributed by atoms with Gasteiger partial charge in [-0.25, -0.2) is 8.78 Å². The molecule has 0 radical (unpaired) electrons. The Morgan fingerprint density at radius 3 is 2.82 bits per heavy atom. The molecule has 3 fully saturated rings. The highest BCUT2D eigenvalue weighted by molar-refractivity contribution is 5.95. The van der Waals surface area contributed by atoms with Crippen LogP contribution in [0.2, 0.25) is 0 Å². The first-order valence-corrected chi connectivity index (χ1v) is 11.7. The van der Waals surface area contributed by atoms with E-state index in [9.17, 15) is 13.6 Å². The monoisotopic (exact) mass is 473 g/mol. The smallest absolute Gasteiger partial charge is 0.254 e. The highest BCUT2D eigenvalue weighted by Gasteiger charge is 2.51. The molecule has 2 aromatic rings. The fourth-order valence-electron chi connectivity index (χ4n) is 5.15. The Bertz CT molecular complexity index is 1040. The normalized spacial score (nSPS) is 28.2. The van der Waals surface area contributed by atoms with Crippen molar-refractivity contribution in [1.82, 2.24) is 4.90 Å². The lowest BCUT2D eigenvalue weighted by molar-refractivity contribution is -0.0441. The van der Waals surface area contributed by atoms with E-state index >= 15 is 0 Å². The number of halogens is 2. The number of piperidine rings is 1. The van der Waals surface area contributed by atoms with Crippen LogP contribution in [0.3, 0.4) is 0 Å². The zero-order chi connectivity index (χ0) is 23.7. The minimum absolute atomic E-state index is 0.107. The van der Waals surface area contributed by atoms with Crippen LogP contribution in [-0.4, -0.2) is 56.7 Å². The molecular weight excluding hydrogens is 444 g/mol. The molecule has 0 bridgehead atoms. The second-order valence-electron chi connectivity index (χ2n) is 9.26. The molecule has 2 heterocycles. The Morgan fingerprint density at radius 1 is 1.21 bits per heavy atom. The summed E-state index contributed by atoms with van der Waals surface area (Å²) in [6.07, 6.45) is 1.48. The van der Waals surface area contributed by atoms with Crippen molar-refractivity contribution in [3.8, 4) is 11.5 Å². The van der Waals surface area contributed by atoms with Crippen LogP contribution in [0.5, 0.6) is 11.5 Å². The molecular formula is C26H29F2NO5. The summed E-state index contributed by atoms with van der Waals surface area (Å²) in [5.41, 5.74) is 0.464. The Balaban J connectivity index is 1.25. The first-order valence-electron chi connectivity index (χ1n) is 11.7. The van der Waals surface area contributed by atoms with Crippen LogP contribution in [0.15, 0.2) is 42.5 Å². The van der Waals surface area contributed by atoms with Crippen molar-refractivity contribution in [1.29, 1.82) is 0 Å². The van der Waals surface area contributed by atoms with Gasteiger partial charge < -0.3 is 23.8 Å². The van der Waals surface area contributed by atoms with E-state index in [4.69, 9.17) is 18.9 Å². The summed E-state index contributed by atoms with van der Waals surface area (Å²) in [6.45, 7) is 1.38. The number of carbonyl (C=O) groups is 1. The summed E-state index contributed by atoms with van der Waals surface area (Å²) in [5, 5.41) is 0. The Labute approximate surface area is 197 Å². The van der Waals surface area contributed by atoms with Crippen LogP contribution >= 0.6 is 0 Å². The van der Waals surface area contributed by atoms with Crippen molar-refractivity contribution >= 4 is 5.91 Å². The Hall–Kier alpha value is -2.71. The predicted molar refractivity (Wildman–Crippen MR) is 120 cm³/mol. The van der Waals surface area contributed by atoms with Gasteiger partial charge in [-0.15, -0.1) is 0 Å². The molecule has 2 aliphatic heterocycles. The number of methoxy groups -OCH3 is 1. The molecule has 0 aromatic heterocycles. The molecule has 1 amide bonds. The zero-order valence-corrected chi connectivity index (χ0v) is 19.2. The van der Waals surface area contributed by atoms with E-state index in [1.165, 1.54) is 19.2 Å². The number of rotatable bonds is 7. The molecule has 0 spiro atoms. The first-order chi connectivity index (χ1) is 16.5. The number of amides is 1. The third-order valence-electron chi connectivity index (χ3n) is 7.22. The van der Waals surface area contributed by atoms with E-state index in [-0.39, 0.29) is 24.6 Å². The van der Waals surface area contributed by atoms with Gasteiger partial charge in [0, 0.05) is 18.5 Å². The summed E-state index contributed by atoms with van der Waals surface area (Å²) in [4.78, 5) is 15.0. The van der Waals surface area contributed by atoms with Gasteiger partial charge in [-0.2, -0.15) is 0 Å². The molecule has 8 heteroatoms. The zero-order valence-electron chi connectivity index (χ0n) is 19.2. The van der Waals surface area contributed by atoms with Crippen molar-refractivity contribution in [3.63, 3.8) is 0 Å². The molecule has 2 saturated heterocycles. The van der Waals surface area contributed by atoms with Crippen LogP contribution in [-0.2, 0) is 15.1 Å². The minimum atomic E-state index is -0.753. The third kappa shape index (κ3) is 4.36. The maximum atomic E-state index is 13.9. The van der Waals surface area contributed by atoms with Crippen LogP contribution < -0.4 is 9.47 Å². The summed E-state index contributed by atoms with van der Waals surface area (Å²) < 4.78 is 49.9. The number of benzene rings is 2. The molecule has 1 saturated carbocycles. The van der Waals surface area contributed by atoms with Crippen LogP contribution in [0.1, 0.15) is 41.6 Å². The van der Waals surface area contributed by atoms with Gasteiger partial charge in [0.15, 0.2) is 11.5 Å². The molecule has 182 valence electrons. The van der Waals surface area contributed by atoms with Gasteiger partial charge in [0.2, 0.25) is 0 Å². The average Bonchev–Trinajstić information content (AvgIpc) is 3.27. The van der Waals surface area contributed by atoms with E-state index in [2.05, 4.69) is 0 Å². The van der Waals surface area contributed by atoms with Crippen LogP contribution in [0, 0.1) is 11.7 Å².